The summed E-state index contributed by atoms with van der Waals surface area (Å²) in [6.45, 7) is 3.96. The Hall–Kier alpha value is -1.72. The van der Waals surface area contributed by atoms with Crippen LogP contribution in [0.15, 0.2) is 9.98 Å². The molecule has 0 saturated heterocycles. The fourth-order valence-corrected chi connectivity index (χ4v) is 1.43. The lowest BCUT2D eigenvalue weighted by Gasteiger charge is -2.24. The van der Waals surface area contributed by atoms with Gasteiger partial charge in [0.05, 0.1) is 6.34 Å². The molecule has 14 heavy (non-hydrogen) atoms. The maximum absolute atomic E-state index is 11.4. The normalized spacial score (nSPS) is 25.2. The second-order valence-corrected chi connectivity index (χ2v) is 3.48. The van der Waals surface area contributed by atoms with Crippen molar-refractivity contribution in [1.82, 2.24) is 10.2 Å². The SMILES string of the molecule is CC(C)N1C=NC2C(=O)NC(=N)N=C21. The molecule has 0 aliphatic carbocycles. The van der Waals surface area contributed by atoms with Crippen LogP contribution in [-0.2, 0) is 4.79 Å². The zero-order valence-corrected chi connectivity index (χ0v) is 7.98. The van der Waals surface area contributed by atoms with E-state index in [9.17, 15) is 4.79 Å². The molecule has 0 aromatic carbocycles. The number of fused-ring (bicyclic) bond motifs is 1. The summed E-state index contributed by atoms with van der Waals surface area (Å²) in [7, 11) is 0. The monoisotopic (exact) mass is 193 g/mol. The Labute approximate surface area is 81.2 Å². The van der Waals surface area contributed by atoms with Gasteiger partial charge in [0.1, 0.15) is 5.84 Å². The van der Waals surface area contributed by atoms with Crippen LogP contribution in [0.4, 0.5) is 0 Å². The highest BCUT2D eigenvalue weighted by Gasteiger charge is 2.36. The number of amidine groups is 1. The summed E-state index contributed by atoms with van der Waals surface area (Å²) >= 11 is 0. The highest BCUT2D eigenvalue weighted by molar-refractivity contribution is 6.23. The van der Waals surface area contributed by atoms with E-state index in [1.807, 2.05) is 13.8 Å². The lowest BCUT2D eigenvalue weighted by Crippen LogP contribution is -2.49. The summed E-state index contributed by atoms with van der Waals surface area (Å²) in [5.74, 6) is 0.158. The minimum atomic E-state index is -0.563. The molecule has 0 radical (unpaired) electrons. The molecule has 1 atom stereocenters. The first-order valence-electron chi connectivity index (χ1n) is 4.39. The van der Waals surface area contributed by atoms with Crippen molar-refractivity contribution in [1.29, 1.82) is 5.41 Å². The molecule has 1 unspecified atom stereocenters. The minimum Gasteiger partial charge on any atom is -0.316 e. The third-order valence-corrected chi connectivity index (χ3v) is 2.12. The van der Waals surface area contributed by atoms with E-state index in [0.717, 1.165) is 0 Å². The molecule has 2 aliphatic rings. The number of aliphatic imine (C=N–C) groups is 2. The molecule has 6 nitrogen and oxygen atoms in total. The Morgan fingerprint density at radius 1 is 1.64 bits per heavy atom. The largest absolute Gasteiger partial charge is 0.316 e. The number of amides is 1. The highest BCUT2D eigenvalue weighted by atomic mass is 16.2. The Morgan fingerprint density at radius 2 is 2.36 bits per heavy atom. The number of carbonyl (C=O) groups is 1. The van der Waals surface area contributed by atoms with Crippen LogP contribution in [-0.4, -0.2) is 41.0 Å². The second-order valence-electron chi connectivity index (χ2n) is 3.48. The van der Waals surface area contributed by atoms with Crippen molar-refractivity contribution in [3.63, 3.8) is 0 Å². The van der Waals surface area contributed by atoms with Crippen LogP contribution in [0.25, 0.3) is 0 Å². The lowest BCUT2D eigenvalue weighted by molar-refractivity contribution is -0.119. The molecular weight excluding hydrogens is 182 g/mol. The number of carbonyl (C=O) groups excluding carboxylic acids is 1. The fourth-order valence-electron chi connectivity index (χ4n) is 1.43. The summed E-state index contributed by atoms with van der Waals surface area (Å²) in [6.07, 6.45) is 1.60. The van der Waals surface area contributed by atoms with E-state index in [-0.39, 0.29) is 17.9 Å². The van der Waals surface area contributed by atoms with Gasteiger partial charge in [0.15, 0.2) is 6.04 Å². The predicted molar refractivity (Wildman–Crippen MR) is 52.6 cm³/mol. The van der Waals surface area contributed by atoms with Gasteiger partial charge < -0.3 is 4.90 Å². The molecule has 0 aromatic rings. The molecule has 1 amide bonds. The number of hydrogen-bond donors (Lipinski definition) is 2. The van der Waals surface area contributed by atoms with Crippen molar-refractivity contribution < 1.29 is 4.79 Å². The first-order valence-corrected chi connectivity index (χ1v) is 4.39. The Kier molecular flexibility index (Phi) is 1.83. The van der Waals surface area contributed by atoms with Crippen LogP contribution in [0.2, 0.25) is 0 Å². The van der Waals surface area contributed by atoms with Crippen LogP contribution >= 0.6 is 0 Å². The number of nitrogens with zero attached hydrogens (tertiary/aromatic N) is 3. The zero-order valence-electron chi connectivity index (χ0n) is 7.98. The van der Waals surface area contributed by atoms with E-state index in [0.29, 0.717) is 5.84 Å². The summed E-state index contributed by atoms with van der Waals surface area (Å²) in [5.41, 5.74) is 0. The average Bonchev–Trinajstić information content (AvgIpc) is 2.47. The van der Waals surface area contributed by atoms with E-state index in [2.05, 4.69) is 15.3 Å². The molecule has 0 aromatic heterocycles. The van der Waals surface area contributed by atoms with E-state index in [1.54, 1.807) is 11.2 Å². The molecule has 0 saturated carbocycles. The Morgan fingerprint density at radius 3 is 3.00 bits per heavy atom. The summed E-state index contributed by atoms with van der Waals surface area (Å²) in [4.78, 5) is 21.2. The lowest BCUT2D eigenvalue weighted by atomic mass is 10.2. The van der Waals surface area contributed by atoms with Crippen LogP contribution < -0.4 is 5.32 Å². The van der Waals surface area contributed by atoms with E-state index >= 15 is 0 Å². The van der Waals surface area contributed by atoms with Gasteiger partial charge in [0.25, 0.3) is 5.91 Å². The molecule has 0 bridgehead atoms. The van der Waals surface area contributed by atoms with Gasteiger partial charge in [-0.25, -0.2) is 0 Å². The molecule has 0 fully saturated rings. The molecule has 2 rings (SSSR count). The van der Waals surface area contributed by atoms with Gasteiger partial charge in [-0.1, -0.05) is 0 Å². The van der Waals surface area contributed by atoms with Crippen LogP contribution in [0.5, 0.6) is 0 Å². The standard InChI is InChI=1S/C8H11N5O/c1-4(2)13-3-10-5-6(13)11-8(9)12-7(5)14/h3-5H,1-2H3,(H2,9,12,14). The van der Waals surface area contributed by atoms with Crippen molar-refractivity contribution in [3.05, 3.63) is 0 Å². The van der Waals surface area contributed by atoms with Crippen molar-refractivity contribution >= 4 is 24.0 Å². The Bertz CT molecular complexity index is 357. The van der Waals surface area contributed by atoms with Crippen molar-refractivity contribution in [2.45, 2.75) is 25.9 Å². The van der Waals surface area contributed by atoms with Crippen molar-refractivity contribution in [3.8, 4) is 0 Å². The molecule has 0 spiro atoms. The van der Waals surface area contributed by atoms with E-state index in [4.69, 9.17) is 5.41 Å². The van der Waals surface area contributed by atoms with Gasteiger partial charge in [0, 0.05) is 6.04 Å². The van der Waals surface area contributed by atoms with E-state index in [1.165, 1.54) is 0 Å². The number of hydrogen-bond acceptors (Lipinski definition) is 4. The van der Waals surface area contributed by atoms with Crippen LogP contribution in [0.3, 0.4) is 0 Å². The maximum Gasteiger partial charge on any atom is 0.259 e. The van der Waals surface area contributed by atoms with Crippen LogP contribution in [0.1, 0.15) is 13.8 Å². The maximum atomic E-state index is 11.4. The van der Waals surface area contributed by atoms with Gasteiger partial charge in [-0.15, -0.1) is 0 Å². The first-order chi connectivity index (χ1) is 6.59. The summed E-state index contributed by atoms with van der Waals surface area (Å²) in [5, 5.41) is 9.63. The quantitative estimate of drug-likeness (QED) is 0.592. The van der Waals surface area contributed by atoms with Gasteiger partial charge >= 0.3 is 0 Å². The third kappa shape index (κ3) is 1.19. The van der Waals surface area contributed by atoms with E-state index < -0.39 is 6.04 Å². The molecule has 74 valence electrons. The van der Waals surface area contributed by atoms with Gasteiger partial charge in [0.2, 0.25) is 5.96 Å². The fraction of sp³-hybridized carbons (Fsp3) is 0.500. The first kappa shape index (κ1) is 8.86. The second kappa shape index (κ2) is 2.90. The van der Waals surface area contributed by atoms with Crippen LogP contribution in [0, 0.1) is 5.41 Å². The van der Waals surface area contributed by atoms with Gasteiger partial charge in [-0.2, -0.15) is 4.99 Å². The van der Waals surface area contributed by atoms with Crippen molar-refractivity contribution in [2.75, 3.05) is 0 Å². The number of rotatable bonds is 1. The smallest absolute Gasteiger partial charge is 0.259 e. The summed E-state index contributed by atoms with van der Waals surface area (Å²) < 4.78 is 0. The molecule has 2 N–H and O–H groups in total. The minimum absolute atomic E-state index is 0.114. The van der Waals surface area contributed by atoms with Gasteiger partial charge in [-0.05, 0) is 13.8 Å². The Balaban J connectivity index is 2.36. The molecule has 6 heteroatoms. The van der Waals surface area contributed by atoms with Crippen molar-refractivity contribution in [2.24, 2.45) is 9.98 Å². The predicted octanol–water partition coefficient (Wildman–Crippen LogP) is -0.430. The van der Waals surface area contributed by atoms with Gasteiger partial charge in [-0.3, -0.25) is 20.5 Å². The molecular formula is C8H11N5O. The highest BCUT2D eigenvalue weighted by Crippen LogP contribution is 2.14. The molecule has 2 heterocycles. The number of guanidine groups is 1. The number of nitrogens with one attached hydrogen (secondary N) is 2. The zero-order chi connectivity index (χ0) is 10.3. The average molecular weight is 193 g/mol. The molecule has 2 aliphatic heterocycles. The topological polar surface area (TPSA) is 80.9 Å². The summed E-state index contributed by atoms with van der Waals surface area (Å²) in [6, 6.07) is -0.368. The third-order valence-electron chi connectivity index (χ3n) is 2.12.